The fraction of sp³-hybridized carbons (Fsp3) is 0.929. The van der Waals surface area contributed by atoms with Crippen molar-refractivity contribution in [3.63, 3.8) is 0 Å². The Kier molecular flexibility index (Phi) is 5.01. The number of hydrogen-bond acceptors (Lipinski definition) is 4. The average Bonchev–Trinajstić information content (AvgIpc) is 2.98. The lowest BCUT2D eigenvalue weighted by Crippen LogP contribution is -2.46. The zero-order valence-electron chi connectivity index (χ0n) is 11.4. The van der Waals surface area contributed by atoms with Crippen LogP contribution in [0.3, 0.4) is 0 Å². The van der Waals surface area contributed by atoms with Crippen LogP contribution in [-0.2, 0) is 9.53 Å². The lowest BCUT2D eigenvalue weighted by atomic mass is 9.96. The first-order chi connectivity index (χ1) is 8.72. The highest BCUT2D eigenvalue weighted by molar-refractivity contribution is 5.75. The van der Waals surface area contributed by atoms with Crippen LogP contribution in [0.4, 0.5) is 0 Å². The lowest BCUT2D eigenvalue weighted by molar-refractivity contribution is -0.145. The van der Waals surface area contributed by atoms with Crippen molar-refractivity contribution in [3.8, 4) is 0 Å². The maximum Gasteiger partial charge on any atom is 0.324 e. The molecule has 2 aliphatic rings. The molecule has 2 rings (SSSR count). The zero-order valence-corrected chi connectivity index (χ0v) is 11.4. The van der Waals surface area contributed by atoms with Crippen molar-refractivity contribution in [2.75, 3.05) is 19.7 Å². The van der Waals surface area contributed by atoms with Gasteiger partial charge < -0.3 is 10.5 Å². The maximum atomic E-state index is 11.6. The Morgan fingerprint density at radius 2 is 2.06 bits per heavy atom. The van der Waals surface area contributed by atoms with Crippen molar-refractivity contribution in [3.05, 3.63) is 0 Å². The molecule has 0 aromatic heterocycles. The summed E-state index contributed by atoms with van der Waals surface area (Å²) in [7, 11) is 0. The highest BCUT2D eigenvalue weighted by Crippen LogP contribution is 2.35. The second kappa shape index (κ2) is 6.53. The predicted octanol–water partition coefficient (Wildman–Crippen LogP) is 1.53. The summed E-state index contributed by atoms with van der Waals surface area (Å²) in [6.07, 6.45) is 7.99. The largest absolute Gasteiger partial charge is 0.465 e. The number of hydrogen-bond donors (Lipinski definition) is 1. The van der Waals surface area contributed by atoms with E-state index in [1.165, 1.54) is 38.5 Å². The fourth-order valence-electron chi connectivity index (χ4n) is 3.53. The molecule has 1 heterocycles. The third-order valence-corrected chi connectivity index (χ3v) is 4.38. The first-order valence-corrected chi connectivity index (χ1v) is 7.38. The molecule has 1 saturated heterocycles. The smallest absolute Gasteiger partial charge is 0.324 e. The van der Waals surface area contributed by atoms with Crippen LogP contribution < -0.4 is 5.73 Å². The van der Waals surface area contributed by atoms with Crippen molar-refractivity contribution < 1.29 is 9.53 Å². The van der Waals surface area contributed by atoms with E-state index in [-0.39, 0.29) is 5.97 Å². The van der Waals surface area contributed by atoms with E-state index in [0.717, 1.165) is 12.5 Å². The molecule has 2 fully saturated rings. The van der Waals surface area contributed by atoms with Crippen LogP contribution in [0, 0.1) is 5.92 Å². The molecule has 2 atom stereocenters. The fourth-order valence-corrected chi connectivity index (χ4v) is 3.53. The van der Waals surface area contributed by atoms with E-state index in [2.05, 4.69) is 4.90 Å². The molecule has 18 heavy (non-hydrogen) atoms. The standard InChI is InChI=1S/C14H26N2O2/c1-2-18-14(17)12(15)10-16-9-5-8-13(16)11-6-3-4-7-11/h11-13H,2-10,15H2,1H3. The minimum absolute atomic E-state index is 0.255. The minimum Gasteiger partial charge on any atom is -0.465 e. The van der Waals surface area contributed by atoms with Gasteiger partial charge in [-0.25, -0.2) is 0 Å². The van der Waals surface area contributed by atoms with Crippen LogP contribution in [-0.4, -0.2) is 42.6 Å². The Hall–Kier alpha value is -0.610. The molecule has 0 bridgehead atoms. The summed E-state index contributed by atoms with van der Waals surface area (Å²) < 4.78 is 4.98. The van der Waals surface area contributed by atoms with Gasteiger partial charge in [-0.15, -0.1) is 0 Å². The Morgan fingerprint density at radius 1 is 1.33 bits per heavy atom. The second-order valence-corrected chi connectivity index (χ2v) is 5.61. The third kappa shape index (κ3) is 3.23. The van der Waals surface area contributed by atoms with Gasteiger partial charge in [-0.3, -0.25) is 9.69 Å². The minimum atomic E-state index is -0.480. The summed E-state index contributed by atoms with van der Waals surface area (Å²) in [6, 6.07) is 0.180. The van der Waals surface area contributed by atoms with Crippen LogP contribution in [0.1, 0.15) is 45.4 Å². The first kappa shape index (κ1) is 13.8. The molecule has 2 N–H and O–H groups in total. The maximum absolute atomic E-state index is 11.6. The van der Waals surface area contributed by atoms with E-state index in [0.29, 0.717) is 19.2 Å². The lowest BCUT2D eigenvalue weighted by Gasteiger charge is -2.30. The topological polar surface area (TPSA) is 55.6 Å². The number of carbonyl (C=O) groups is 1. The van der Waals surface area contributed by atoms with Crippen LogP contribution >= 0.6 is 0 Å². The Balaban J connectivity index is 1.85. The highest BCUT2D eigenvalue weighted by Gasteiger charge is 2.34. The first-order valence-electron chi connectivity index (χ1n) is 7.38. The van der Waals surface area contributed by atoms with E-state index >= 15 is 0 Å². The van der Waals surface area contributed by atoms with Crippen molar-refractivity contribution >= 4 is 5.97 Å². The van der Waals surface area contributed by atoms with Gasteiger partial charge in [0, 0.05) is 12.6 Å². The number of nitrogens with zero attached hydrogens (tertiary/aromatic N) is 1. The Morgan fingerprint density at radius 3 is 2.72 bits per heavy atom. The molecule has 1 aliphatic heterocycles. The molecular weight excluding hydrogens is 228 g/mol. The van der Waals surface area contributed by atoms with Gasteiger partial charge in [0.2, 0.25) is 0 Å². The van der Waals surface area contributed by atoms with Gasteiger partial charge in [-0.05, 0) is 45.1 Å². The SMILES string of the molecule is CCOC(=O)C(N)CN1CCCC1C1CCCC1. The summed E-state index contributed by atoms with van der Waals surface area (Å²) in [5, 5.41) is 0. The van der Waals surface area contributed by atoms with E-state index in [1.807, 2.05) is 6.92 Å². The van der Waals surface area contributed by atoms with Crippen LogP contribution in [0.25, 0.3) is 0 Å². The normalized spacial score (nSPS) is 27.6. The summed E-state index contributed by atoms with van der Waals surface area (Å²) in [5.41, 5.74) is 5.93. The van der Waals surface area contributed by atoms with E-state index < -0.39 is 6.04 Å². The van der Waals surface area contributed by atoms with E-state index in [9.17, 15) is 4.79 Å². The van der Waals surface area contributed by atoms with Gasteiger partial charge >= 0.3 is 5.97 Å². The molecule has 104 valence electrons. The number of nitrogens with two attached hydrogens (primary N) is 1. The molecule has 0 amide bonds. The third-order valence-electron chi connectivity index (χ3n) is 4.38. The van der Waals surface area contributed by atoms with Crippen molar-refractivity contribution in [2.45, 2.75) is 57.5 Å². The number of rotatable bonds is 5. The van der Waals surface area contributed by atoms with Gasteiger partial charge in [-0.2, -0.15) is 0 Å². The average molecular weight is 254 g/mol. The monoisotopic (exact) mass is 254 g/mol. The summed E-state index contributed by atoms with van der Waals surface area (Å²) in [4.78, 5) is 14.0. The predicted molar refractivity (Wildman–Crippen MR) is 71.2 cm³/mol. The summed E-state index contributed by atoms with van der Waals surface area (Å²) >= 11 is 0. The van der Waals surface area contributed by atoms with Gasteiger partial charge in [0.1, 0.15) is 6.04 Å². The highest BCUT2D eigenvalue weighted by atomic mass is 16.5. The van der Waals surface area contributed by atoms with E-state index in [4.69, 9.17) is 10.5 Å². The van der Waals surface area contributed by atoms with Gasteiger partial charge in [0.05, 0.1) is 6.61 Å². The molecule has 4 heteroatoms. The zero-order chi connectivity index (χ0) is 13.0. The molecular formula is C14H26N2O2. The molecule has 0 radical (unpaired) electrons. The van der Waals surface area contributed by atoms with Crippen LogP contribution in [0.5, 0.6) is 0 Å². The summed E-state index contributed by atoms with van der Waals surface area (Å²) in [6.45, 7) is 3.99. The van der Waals surface area contributed by atoms with Gasteiger partial charge in [0.15, 0.2) is 0 Å². The second-order valence-electron chi connectivity index (χ2n) is 5.61. The van der Waals surface area contributed by atoms with Crippen LogP contribution in [0.15, 0.2) is 0 Å². The van der Waals surface area contributed by atoms with Gasteiger partial charge in [0.25, 0.3) is 0 Å². The number of carbonyl (C=O) groups excluding carboxylic acids is 1. The quantitative estimate of drug-likeness (QED) is 0.756. The Bertz CT molecular complexity index is 277. The molecule has 1 saturated carbocycles. The Labute approximate surface area is 110 Å². The van der Waals surface area contributed by atoms with Crippen molar-refractivity contribution in [2.24, 2.45) is 11.7 Å². The number of likely N-dealkylation sites (tertiary alicyclic amines) is 1. The molecule has 4 nitrogen and oxygen atoms in total. The number of esters is 1. The molecule has 0 aromatic rings. The molecule has 1 aliphatic carbocycles. The summed E-state index contributed by atoms with van der Waals surface area (Å²) in [5.74, 6) is 0.580. The van der Waals surface area contributed by atoms with Crippen LogP contribution in [0.2, 0.25) is 0 Å². The molecule has 0 spiro atoms. The van der Waals surface area contributed by atoms with Gasteiger partial charge in [-0.1, -0.05) is 12.8 Å². The molecule has 0 aromatic carbocycles. The van der Waals surface area contributed by atoms with Crippen molar-refractivity contribution in [1.82, 2.24) is 4.90 Å². The number of ether oxygens (including phenoxy) is 1. The van der Waals surface area contributed by atoms with Crippen molar-refractivity contribution in [1.29, 1.82) is 0 Å². The molecule has 2 unspecified atom stereocenters. The van der Waals surface area contributed by atoms with E-state index in [1.54, 1.807) is 0 Å².